The molecule has 1 aromatic rings. The van der Waals surface area contributed by atoms with Crippen LogP contribution < -0.4 is 16.0 Å². The molecule has 2 amide bonds. The van der Waals surface area contributed by atoms with Gasteiger partial charge in [-0.3, -0.25) is 9.59 Å². The average molecular weight is 391 g/mol. The molecule has 2 rings (SSSR count). The topological polar surface area (TPSA) is 75.4 Å². The van der Waals surface area contributed by atoms with E-state index in [0.717, 1.165) is 10.2 Å². The van der Waals surface area contributed by atoms with Crippen LogP contribution in [0.1, 0.15) is 20.3 Å². The largest absolute Gasteiger partial charge is 0.354 e. The highest BCUT2D eigenvalue weighted by atomic mass is 79.9. The summed E-state index contributed by atoms with van der Waals surface area (Å²) >= 11 is 3.44. The van der Waals surface area contributed by atoms with E-state index in [4.69, 9.17) is 5.73 Å². The van der Waals surface area contributed by atoms with Gasteiger partial charge in [0.15, 0.2) is 0 Å². The van der Waals surface area contributed by atoms with Crippen molar-refractivity contribution in [1.82, 2.24) is 5.32 Å². The van der Waals surface area contributed by atoms with Gasteiger partial charge in [-0.2, -0.15) is 0 Å². The van der Waals surface area contributed by atoms with Crippen molar-refractivity contribution in [3.63, 3.8) is 0 Å². The zero-order valence-electron chi connectivity index (χ0n) is 12.6. The van der Waals surface area contributed by atoms with Crippen molar-refractivity contribution in [3.05, 3.63) is 28.7 Å². The highest BCUT2D eigenvalue weighted by molar-refractivity contribution is 9.10. The maximum Gasteiger partial charge on any atom is 0.239 e. The van der Waals surface area contributed by atoms with Crippen LogP contribution in [0, 0.1) is 5.92 Å². The minimum atomic E-state index is -0.626. The third-order valence-corrected chi connectivity index (χ3v) is 4.05. The molecule has 0 aromatic heterocycles. The monoisotopic (exact) mass is 389 g/mol. The van der Waals surface area contributed by atoms with Crippen LogP contribution in [0.4, 0.5) is 5.69 Å². The van der Waals surface area contributed by atoms with Gasteiger partial charge in [-0.25, -0.2) is 0 Å². The van der Waals surface area contributed by atoms with Crippen molar-refractivity contribution in [1.29, 1.82) is 0 Å². The number of carbonyl (C=O) groups is 2. The summed E-state index contributed by atoms with van der Waals surface area (Å²) in [4.78, 5) is 26.2. The Morgan fingerprint density at radius 1 is 1.45 bits per heavy atom. The molecule has 0 saturated carbocycles. The minimum absolute atomic E-state index is 0. The summed E-state index contributed by atoms with van der Waals surface area (Å²) in [6.07, 6.45) is 0.525. The van der Waals surface area contributed by atoms with Crippen LogP contribution in [0.15, 0.2) is 28.7 Å². The van der Waals surface area contributed by atoms with Crippen molar-refractivity contribution < 1.29 is 9.59 Å². The Labute approximate surface area is 145 Å². The molecule has 1 unspecified atom stereocenters. The number of nitrogens with one attached hydrogen (secondary N) is 1. The molecule has 1 fully saturated rings. The zero-order chi connectivity index (χ0) is 15.6. The molecular formula is C15H21BrClN3O2. The third-order valence-electron chi connectivity index (χ3n) is 3.38. The Bertz CT molecular complexity index is 560. The molecule has 1 aliphatic rings. The molecule has 1 aliphatic heterocycles. The second-order valence-electron chi connectivity index (χ2n) is 5.99. The summed E-state index contributed by atoms with van der Waals surface area (Å²) in [6, 6.07) is 7.51. The van der Waals surface area contributed by atoms with Gasteiger partial charge in [-0.1, -0.05) is 12.1 Å². The Hall–Kier alpha value is -1.11. The second-order valence-corrected chi connectivity index (χ2v) is 6.84. The number of hydrogen-bond donors (Lipinski definition) is 2. The van der Waals surface area contributed by atoms with E-state index in [1.807, 2.05) is 38.1 Å². The van der Waals surface area contributed by atoms with Gasteiger partial charge >= 0.3 is 0 Å². The van der Waals surface area contributed by atoms with E-state index in [-0.39, 0.29) is 24.2 Å². The molecule has 1 atom stereocenters. The zero-order valence-corrected chi connectivity index (χ0v) is 15.0. The van der Waals surface area contributed by atoms with E-state index in [0.29, 0.717) is 19.5 Å². The van der Waals surface area contributed by atoms with Crippen LogP contribution in [0.25, 0.3) is 0 Å². The van der Waals surface area contributed by atoms with E-state index in [2.05, 4.69) is 21.2 Å². The third kappa shape index (κ3) is 4.44. The van der Waals surface area contributed by atoms with Crippen LogP contribution in [-0.4, -0.2) is 30.4 Å². The number of hydrogen-bond acceptors (Lipinski definition) is 3. The number of halogens is 2. The molecule has 7 heteroatoms. The first-order valence-corrected chi connectivity index (χ1v) is 7.71. The fraction of sp³-hybridized carbons (Fsp3) is 0.467. The van der Waals surface area contributed by atoms with Crippen LogP contribution >= 0.6 is 28.3 Å². The van der Waals surface area contributed by atoms with E-state index < -0.39 is 11.5 Å². The normalized spacial score (nSPS) is 18.1. The van der Waals surface area contributed by atoms with Gasteiger partial charge in [-0.15, -0.1) is 12.4 Å². The van der Waals surface area contributed by atoms with Crippen molar-refractivity contribution in [2.75, 3.05) is 18.0 Å². The second kappa shape index (κ2) is 7.44. The number of nitrogens with two attached hydrogens (primary N) is 1. The van der Waals surface area contributed by atoms with E-state index >= 15 is 0 Å². The molecule has 1 heterocycles. The summed E-state index contributed by atoms with van der Waals surface area (Å²) in [6.45, 7) is 4.56. The average Bonchev–Trinajstić information content (AvgIpc) is 2.78. The standard InChI is InChI=1S/C15H20BrN3O2.ClH/c1-15(2,17)9-18-13(20)10-7-8-19(14(10)21)12-6-4-3-5-11(12)16;/h3-6,10H,7-9,17H2,1-2H3,(H,18,20);1H. The molecule has 1 saturated heterocycles. The van der Waals surface area contributed by atoms with Gasteiger partial charge < -0.3 is 16.0 Å². The van der Waals surface area contributed by atoms with Crippen molar-refractivity contribution in [2.45, 2.75) is 25.8 Å². The number of rotatable bonds is 4. The van der Waals surface area contributed by atoms with Gasteiger partial charge in [0.1, 0.15) is 5.92 Å². The Balaban J connectivity index is 0.00000242. The molecular weight excluding hydrogens is 370 g/mol. The number of benzene rings is 1. The lowest BCUT2D eigenvalue weighted by Crippen LogP contribution is -2.47. The Kier molecular flexibility index (Phi) is 6.40. The molecule has 0 radical (unpaired) electrons. The smallest absolute Gasteiger partial charge is 0.239 e. The lowest BCUT2D eigenvalue weighted by atomic mass is 10.0. The summed E-state index contributed by atoms with van der Waals surface area (Å²) in [5.41, 5.74) is 6.16. The number of amides is 2. The summed E-state index contributed by atoms with van der Waals surface area (Å²) in [7, 11) is 0. The van der Waals surface area contributed by atoms with Crippen molar-refractivity contribution in [2.24, 2.45) is 11.7 Å². The predicted octanol–water partition coefficient (Wildman–Crippen LogP) is 2.08. The Morgan fingerprint density at radius 2 is 2.09 bits per heavy atom. The Morgan fingerprint density at radius 3 is 2.68 bits per heavy atom. The molecule has 22 heavy (non-hydrogen) atoms. The van der Waals surface area contributed by atoms with Gasteiger partial charge in [0.2, 0.25) is 11.8 Å². The van der Waals surface area contributed by atoms with E-state index in [1.54, 1.807) is 4.90 Å². The minimum Gasteiger partial charge on any atom is -0.354 e. The molecule has 122 valence electrons. The molecule has 0 aliphatic carbocycles. The quantitative estimate of drug-likeness (QED) is 0.773. The molecule has 3 N–H and O–H groups in total. The van der Waals surface area contributed by atoms with E-state index in [1.165, 1.54) is 0 Å². The van der Waals surface area contributed by atoms with Gasteiger partial charge in [0.25, 0.3) is 0 Å². The fourth-order valence-electron chi connectivity index (χ4n) is 2.27. The first-order valence-electron chi connectivity index (χ1n) is 6.92. The molecule has 5 nitrogen and oxygen atoms in total. The first-order chi connectivity index (χ1) is 9.79. The van der Waals surface area contributed by atoms with Crippen LogP contribution in [0.5, 0.6) is 0 Å². The van der Waals surface area contributed by atoms with Gasteiger partial charge in [-0.05, 0) is 48.3 Å². The maximum atomic E-state index is 12.4. The SMILES string of the molecule is CC(C)(N)CNC(=O)C1CCN(c2ccccc2Br)C1=O.Cl. The highest BCUT2D eigenvalue weighted by Crippen LogP contribution is 2.31. The lowest BCUT2D eigenvalue weighted by molar-refractivity contribution is -0.132. The fourth-order valence-corrected chi connectivity index (χ4v) is 2.77. The summed E-state index contributed by atoms with van der Waals surface area (Å²) in [5.74, 6) is -1.03. The van der Waals surface area contributed by atoms with E-state index in [9.17, 15) is 9.59 Å². The molecule has 1 aromatic carbocycles. The van der Waals surface area contributed by atoms with Crippen molar-refractivity contribution in [3.8, 4) is 0 Å². The maximum absolute atomic E-state index is 12.4. The number of anilines is 1. The number of para-hydroxylation sites is 1. The number of nitrogens with zero attached hydrogens (tertiary/aromatic N) is 1. The van der Waals surface area contributed by atoms with Crippen LogP contribution in [0.3, 0.4) is 0 Å². The van der Waals surface area contributed by atoms with Gasteiger partial charge in [0.05, 0.1) is 5.69 Å². The summed E-state index contributed by atoms with van der Waals surface area (Å²) in [5, 5.41) is 2.76. The summed E-state index contributed by atoms with van der Waals surface area (Å²) < 4.78 is 0.850. The lowest BCUT2D eigenvalue weighted by Gasteiger charge is -2.21. The van der Waals surface area contributed by atoms with Crippen LogP contribution in [-0.2, 0) is 9.59 Å². The van der Waals surface area contributed by atoms with Gasteiger partial charge in [0, 0.05) is 23.1 Å². The number of carbonyl (C=O) groups excluding carboxylic acids is 2. The predicted molar refractivity (Wildman–Crippen MR) is 93.1 cm³/mol. The highest BCUT2D eigenvalue weighted by Gasteiger charge is 2.38. The molecule has 0 spiro atoms. The van der Waals surface area contributed by atoms with Crippen molar-refractivity contribution >= 4 is 45.8 Å². The molecule has 0 bridgehead atoms. The van der Waals surface area contributed by atoms with Crippen LogP contribution in [0.2, 0.25) is 0 Å². The first kappa shape index (κ1) is 18.9.